The molecule has 2 heterocycles. The number of hydrazine groups is 1. The summed E-state index contributed by atoms with van der Waals surface area (Å²) in [5.41, 5.74) is 7.53. The maximum absolute atomic E-state index is 13.9. The quantitative estimate of drug-likeness (QED) is 0.263. The topological polar surface area (TPSA) is 92.2 Å². The van der Waals surface area contributed by atoms with E-state index in [4.69, 9.17) is 17.0 Å². The average molecular weight is 499 g/mol. The third-order valence-corrected chi connectivity index (χ3v) is 5.85. The molecular formula is C22H29F3N6O2S. The van der Waals surface area contributed by atoms with Crippen LogP contribution in [-0.2, 0) is 4.74 Å². The molecule has 0 unspecified atom stereocenters. The van der Waals surface area contributed by atoms with Gasteiger partial charge in [0.2, 0.25) is 0 Å². The van der Waals surface area contributed by atoms with E-state index < -0.39 is 24.2 Å². The lowest BCUT2D eigenvalue weighted by Gasteiger charge is -2.33. The van der Waals surface area contributed by atoms with Crippen LogP contribution in [0.15, 0.2) is 24.3 Å². The first-order valence-electron chi connectivity index (χ1n) is 11.0. The Bertz CT molecular complexity index is 1030. The fourth-order valence-corrected chi connectivity index (χ4v) is 3.78. The number of nitrogens with zero attached hydrogens (tertiary/aromatic N) is 2. The van der Waals surface area contributed by atoms with E-state index in [9.17, 15) is 18.0 Å². The number of benzene rings is 1. The van der Waals surface area contributed by atoms with Crippen molar-refractivity contribution in [3.8, 4) is 0 Å². The maximum atomic E-state index is 13.9. The van der Waals surface area contributed by atoms with Crippen molar-refractivity contribution in [3.05, 3.63) is 46.6 Å². The predicted molar refractivity (Wildman–Crippen MR) is 127 cm³/mol. The van der Waals surface area contributed by atoms with E-state index in [-0.39, 0.29) is 23.0 Å². The molecule has 1 amide bonds. The second-order valence-corrected chi connectivity index (χ2v) is 8.49. The molecule has 0 fully saturated rings. The molecule has 186 valence electrons. The summed E-state index contributed by atoms with van der Waals surface area (Å²) in [6, 6.07) is 4.46. The first-order chi connectivity index (χ1) is 16.1. The second-order valence-electron chi connectivity index (χ2n) is 8.08. The molecule has 0 bridgehead atoms. The molecule has 0 aliphatic carbocycles. The molecule has 1 aliphatic heterocycles. The number of fused-ring (bicyclic) bond motifs is 1. The number of amides is 1. The van der Waals surface area contributed by atoms with E-state index in [1.54, 1.807) is 0 Å². The Balaban J connectivity index is 1.69. The predicted octanol–water partition coefficient (Wildman–Crippen LogP) is 3.70. The zero-order valence-electron chi connectivity index (χ0n) is 19.3. The van der Waals surface area contributed by atoms with Gasteiger partial charge >= 0.3 is 6.18 Å². The summed E-state index contributed by atoms with van der Waals surface area (Å²) in [5.74, 6) is -0.579. The van der Waals surface area contributed by atoms with E-state index in [2.05, 4.69) is 26.6 Å². The van der Waals surface area contributed by atoms with Gasteiger partial charge in [0.1, 0.15) is 5.82 Å². The summed E-state index contributed by atoms with van der Waals surface area (Å²) in [5, 5.41) is 10.1. The van der Waals surface area contributed by atoms with Crippen LogP contribution in [0.3, 0.4) is 0 Å². The number of carbonyl (C=O) groups is 1. The van der Waals surface area contributed by atoms with Gasteiger partial charge in [-0.15, -0.1) is 0 Å². The van der Waals surface area contributed by atoms with Crippen molar-refractivity contribution in [3.63, 3.8) is 0 Å². The van der Waals surface area contributed by atoms with Gasteiger partial charge < -0.3 is 15.4 Å². The zero-order chi connectivity index (χ0) is 24.9. The molecule has 0 spiro atoms. The van der Waals surface area contributed by atoms with Crippen molar-refractivity contribution in [2.24, 2.45) is 0 Å². The van der Waals surface area contributed by atoms with Gasteiger partial charge in [0.15, 0.2) is 16.8 Å². The summed E-state index contributed by atoms with van der Waals surface area (Å²) in [6.45, 7) is 7.51. The standard InChI is InChI=1S/C22H29F3N6O2S/c1-4-33-9-5-8-26-21(34)29-28-20(32)17-12-19-27-16(15-7-6-13(2)14(3)10-15)11-18(22(23,24)25)31(19)30-17/h6-7,10,12,16,18,27H,4-5,8-9,11H2,1-3H3,(H,28,32)(H2,26,29,34)/t16-,18-/m0/s1. The van der Waals surface area contributed by atoms with E-state index >= 15 is 0 Å². The number of alkyl halides is 3. The van der Waals surface area contributed by atoms with Gasteiger partial charge in [-0.05, 0) is 56.1 Å². The zero-order valence-corrected chi connectivity index (χ0v) is 20.1. The van der Waals surface area contributed by atoms with Gasteiger partial charge in [0.05, 0.1) is 6.04 Å². The van der Waals surface area contributed by atoms with Crippen LogP contribution in [0.4, 0.5) is 19.0 Å². The lowest BCUT2D eigenvalue weighted by molar-refractivity contribution is -0.173. The molecule has 2 atom stereocenters. The van der Waals surface area contributed by atoms with E-state index in [1.807, 2.05) is 39.0 Å². The van der Waals surface area contributed by atoms with Crippen LogP contribution in [0.1, 0.15) is 59.0 Å². The number of anilines is 1. The van der Waals surface area contributed by atoms with Crippen molar-refractivity contribution in [1.29, 1.82) is 0 Å². The number of nitrogens with one attached hydrogen (secondary N) is 4. The Kier molecular flexibility index (Phi) is 8.37. The highest BCUT2D eigenvalue weighted by atomic mass is 32.1. The smallest absolute Gasteiger partial charge is 0.382 e. The molecule has 1 aliphatic rings. The molecule has 3 rings (SSSR count). The summed E-state index contributed by atoms with van der Waals surface area (Å²) >= 11 is 5.08. The largest absolute Gasteiger partial charge is 0.410 e. The number of thiocarbonyl (C=S) groups is 1. The van der Waals surface area contributed by atoms with Crippen molar-refractivity contribution >= 4 is 29.1 Å². The van der Waals surface area contributed by atoms with Gasteiger partial charge in [0.25, 0.3) is 5.91 Å². The highest BCUT2D eigenvalue weighted by Crippen LogP contribution is 2.43. The number of rotatable bonds is 7. The number of aryl methyl sites for hydroxylation is 2. The molecular weight excluding hydrogens is 469 g/mol. The Morgan fingerprint density at radius 2 is 2.03 bits per heavy atom. The van der Waals surface area contributed by atoms with Crippen LogP contribution in [0, 0.1) is 13.8 Å². The van der Waals surface area contributed by atoms with E-state index in [1.165, 1.54) is 6.07 Å². The minimum absolute atomic E-state index is 0.124. The molecule has 0 saturated carbocycles. The molecule has 1 aromatic carbocycles. The third-order valence-electron chi connectivity index (χ3n) is 5.60. The number of halogens is 3. The number of hydrogen-bond donors (Lipinski definition) is 4. The van der Waals surface area contributed by atoms with Crippen LogP contribution < -0.4 is 21.5 Å². The number of aromatic nitrogens is 2. The summed E-state index contributed by atoms with van der Waals surface area (Å²) in [7, 11) is 0. The molecule has 0 radical (unpaired) electrons. The Labute approximate surface area is 201 Å². The van der Waals surface area contributed by atoms with Crippen LogP contribution in [0.25, 0.3) is 0 Å². The minimum atomic E-state index is -4.53. The van der Waals surface area contributed by atoms with Gasteiger partial charge in [-0.2, -0.15) is 18.3 Å². The van der Waals surface area contributed by atoms with Crippen molar-refractivity contribution in [1.82, 2.24) is 25.9 Å². The Morgan fingerprint density at radius 3 is 2.71 bits per heavy atom. The van der Waals surface area contributed by atoms with Crippen molar-refractivity contribution in [2.45, 2.75) is 51.9 Å². The molecule has 0 saturated heterocycles. The van der Waals surface area contributed by atoms with Crippen LogP contribution in [0.2, 0.25) is 0 Å². The summed E-state index contributed by atoms with van der Waals surface area (Å²) in [6.07, 6.45) is -4.04. The molecule has 4 N–H and O–H groups in total. The number of ether oxygens (including phenoxy) is 1. The summed E-state index contributed by atoms with van der Waals surface area (Å²) in [4.78, 5) is 12.5. The third kappa shape index (κ3) is 6.38. The van der Waals surface area contributed by atoms with E-state index in [0.717, 1.165) is 27.8 Å². The SMILES string of the molecule is CCOCCCNC(=S)NNC(=O)c1cc2n(n1)[C@H](C(F)(F)F)C[C@@H](c1ccc(C)c(C)c1)N2. The average Bonchev–Trinajstić information content (AvgIpc) is 3.22. The van der Waals surface area contributed by atoms with Gasteiger partial charge in [-0.1, -0.05) is 18.2 Å². The fourth-order valence-electron chi connectivity index (χ4n) is 3.63. The minimum Gasteiger partial charge on any atom is -0.382 e. The molecule has 1 aromatic heterocycles. The first kappa shape index (κ1) is 25.8. The summed E-state index contributed by atoms with van der Waals surface area (Å²) < 4.78 is 47.7. The highest BCUT2D eigenvalue weighted by molar-refractivity contribution is 7.80. The maximum Gasteiger partial charge on any atom is 0.410 e. The molecule has 8 nitrogen and oxygen atoms in total. The van der Waals surface area contributed by atoms with Gasteiger partial charge in [-0.25, -0.2) is 4.68 Å². The lowest BCUT2D eigenvalue weighted by Crippen LogP contribution is -2.47. The lowest BCUT2D eigenvalue weighted by atomic mass is 9.94. The Morgan fingerprint density at radius 1 is 1.26 bits per heavy atom. The second kappa shape index (κ2) is 11.0. The monoisotopic (exact) mass is 498 g/mol. The fraction of sp³-hybridized carbons (Fsp3) is 0.500. The van der Waals surface area contributed by atoms with Crippen LogP contribution >= 0.6 is 12.2 Å². The van der Waals surface area contributed by atoms with Crippen molar-refractivity contribution in [2.75, 3.05) is 25.1 Å². The Hall–Kier alpha value is -2.86. The van der Waals surface area contributed by atoms with Gasteiger partial charge in [0, 0.05) is 32.2 Å². The molecule has 2 aromatic rings. The first-order valence-corrected chi connectivity index (χ1v) is 11.4. The molecule has 34 heavy (non-hydrogen) atoms. The molecule has 12 heteroatoms. The van der Waals surface area contributed by atoms with Crippen LogP contribution in [-0.4, -0.2) is 46.7 Å². The number of carbonyl (C=O) groups excluding carboxylic acids is 1. The number of hydrogen-bond acceptors (Lipinski definition) is 5. The van der Waals surface area contributed by atoms with Crippen molar-refractivity contribution < 1.29 is 22.7 Å². The van der Waals surface area contributed by atoms with E-state index in [0.29, 0.717) is 19.8 Å². The van der Waals surface area contributed by atoms with Gasteiger partial charge in [-0.3, -0.25) is 15.6 Å². The highest BCUT2D eigenvalue weighted by Gasteiger charge is 2.46. The van der Waals surface area contributed by atoms with Crippen LogP contribution in [0.5, 0.6) is 0 Å². The normalized spacial score (nSPS) is 17.5.